The van der Waals surface area contributed by atoms with Gasteiger partial charge >= 0.3 is 0 Å². The lowest BCUT2D eigenvalue weighted by molar-refractivity contribution is 0.688. The lowest BCUT2D eigenvalue weighted by Crippen LogP contribution is -2.03. The molecule has 3 rings (SSSR count). The van der Waals surface area contributed by atoms with Crippen LogP contribution < -0.4 is 0 Å². The molecule has 3 aromatic rings. The summed E-state index contributed by atoms with van der Waals surface area (Å²) in [5.41, 5.74) is 2.14. The number of benzene rings is 1. The summed E-state index contributed by atoms with van der Waals surface area (Å²) in [5, 5.41) is 10.4. The molecule has 4 nitrogen and oxygen atoms in total. The van der Waals surface area contributed by atoms with Gasteiger partial charge in [-0.25, -0.2) is 4.98 Å². The first kappa shape index (κ1) is 13.2. The molecule has 0 atom stereocenters. The average Bonchev–Trinajstić information content (AvgIpc) is 3.04. The highest BCUT2D eigenvalue weighted by atomic mass is 32.1. The minimum absolute atomic E-state index is 0.650. The second-order valence-electron chi connectivity index (χ2n) is 4.50. The zero-order chi connectivity index (χ0) is 13.9. The molecule has 0 amide bonds. The summed E-state index contributed by atoms with van der Waals surface area (Å²) in [7, 11) is 0. The number of hydrogen-bond donors (Lipinski definition) is 1. The van der Waals surface area contributed by atoms with E-state index in [0.29, 0.717) is 4.77 Å². The molecule has 0 saturated heterocycles. The van der Waals surface area contributed by atoms with Crippen LogP contribution in [0.3, 0.4) is 0 Å². The highest BCUT2D eigenvalue weighted by Gasteiger charge is 2.09. The molecule has 0 aliphatic rings. The molecule has 0 saturated carbocycles. The van der Waals surface area contributed by atoms with E-state index in [1.807, 2.05) is 41.8 Å². The average molecular weight is 302 g/mol. The van der Waals surface area contributed by atoms with Crippen molar-refractivity contribution in [2.45, 2.75) is 19.9 Å². The minimum Gasteiger partial charge on any atom is -0.300 e. The largest absolute Gasteiger partial charge is 0.300 e. The Morgan fingerprint density at radius 1 is 1.30 bits per heavy atom. The maximum Gasteiger partial charge on any atom is 0.195 e. The van der Waals surface area contributed by atoms with Crippen molar-refractivity contribution in [2.75, 3.05) is 0 Å². The first-order chi connectivity index (χ1) is 9.74. The van der Waals surface area contributed by atoms with Gasteiger partial charge in [-0.2, -0.15) is 5.10 Å². The molecule has 2 aromatic heterocycles. The van der Waals surface area contributed by atoms with Crippen molar-refractivity contribution >= 4 is 23.6 Å². The summed E-state index contributed by atoms with van der Waals surface area (Å²) < 4.78 is 2.68. The van der Waals surface area contributed by atoms with Gasteiger partial charge in [0.2, 0.25) is 0 Å². The minimum atomic E-state index is 0.650. The van der Waals surface area contributed by atoms with Crippen LogP contribution in [0.25, 0.3) is 11.4 Å². The Labute approximate surface area is 126 Å². The van der Waals surface area contributed by atoms with Crippen LogP contribution in [0.2, 0.25) is 0 Å². The van der Waals surface area contributed by atoms with Crippen molar-refractivity contribution in [2.24, 2.45) is 0 Å². The van der Waals surface area contributed by atoms with Gasteiger partial charge in [-0.1, -0.05) is 30.3 Å². The fourth-order valence-corrected chi connectivity index (χ4v) is 3.05. The number of nitrogens with zero attached hydrogens (tertiary/aromatic N) is 3. The van der Waals surface area contributed by atoms with Crippen molar-refractivity contribution in [1.29, 1.82) is 0 Å². The van der Waals surface area contributed by atoms with Gasteiger partial charge in [0.05, 0.1) is 5.01 Å². The molecule has 0 aliphatic carbocycles. The normalized spacial score (nSPS) is 10.8. The maximum absolute atomic E-state index is 5.32. The van der Waals surface area contributed by atoms with E-state index < -0.39 is 0 Å². The first-order valence-corrected chi connectivity index (χ1v) is 7.64. The van der Waals surface area contributed by atoms with Gasteiger partial charge in [-0.05, 0) is 19.1 Å². The van der Waals surface area contributed by atoms with Crippen molar-refractivity contribution in [3.05, 3.63) is 51.2 Å². The highest BCUT2D eigenvalue weighted by Crippen LogP contribution is 2.18. The van der Waals surface area contributed by atoms with E-state index in [0.717, 1.165) is 35.1 Å². The van der Waals surface area contributed by atoms with Crippen molar-refractivity contribution in [1.82, 2.24) is 19.7 Å². The molecule has 20 heavy (non-hydrogen) atoms. The fourth-order valence-electron chi connectivity index (χ4n) is 2.06. The topological polar surface area (TPSA) is 46.5 Å². The van der Waals surface area contributed by atoms with E-state index in [-0.39, 0.29) is 0 Å². The van der Waals surface area contributed by atoms with Crippen LogP contribution in [0.1, 0.15) is 10.7 Å². The van der Waals surface area contributed by atoms with Gasteiger partial charge < -0.3 is 0 Å². The van der Waals surface area contributed by atoms with E-state index in [1.165, 1.54) is 0 Å². The van der Waals surface area contributed by atoms with Gasteiger partial charge in [0.15, 0.2) is 10.6 Å². The second-order valence-corrected chi connectivity index (χ2v) is 5.83. The lowest BCUT2D eigenvalue weighted by Gasteiger charge is -2.05. The van der Waals surface area contributed by atoms with Crippen LogP contribution in [-0.4, -0.2) is 19.7 Å². The van der Waals surface area contributed by atoms with Crippen LogP contribution in [0.4, 0.5) is 0 Å². The molecule has 0 aliphatic heterocycles. The van der Waals surface area contributed by atoms with Crippen molar-refractivity contribution in [3.8, 4) is 11.4 Å². The van der Waals surface area contributed by atoms with Gasteiger partial charge in [0, 0.05) is 29.6 Å². The Morgan fingerprint density at radius 2 is 2.10 bits per heavy atom. The first-order valence-electron chi connectivity index (χ1n) is 6.35. The third-order valence-corrected chi connectivity index (χ3v) is 4.34. The van der Waals surface area contributed by atoms with Crippen molar-refractivity contribution < 1.29 is 0 Å². The number of aromatic nitrogens is 4. The van der Waals surface area contributed by atoms with Crippen LogP contribution in [0.5, 0.6) is 0 Å². The van der Waals surface area contributed by atoms with E-state index in [4.69, 9.17) is 12.2 Å². The quantitative estimate of drug-likeness (QED) is 0.749. The fraction of sp³-hybridized carbons (Fsp3) is 0.214. The van der Waals surface area contributed by atoms with Crippen LogP contribution in [0.15, 0.2) is 35.7 Å². The number of aryl methyl sites for hydroxylation is 2. The molecule has 6 heteroatoms. The Hall–Kier alpha value is -1.79. The number of aromatic amines is 1. The van der Waals surface area contributed by atoms with E-state index in [2.05, 4.69) is 20.6 Å². The number of H-pyrrole nitrogens is 1. The Morgan fingerprint density at radius 3 is 2.80 bits per heavy atom. The van der Waals surface area contributed by atoms with Gasteiger partial charge in [0.25, 0.3) is 0 Å². The molecule has 102 valence electrons. The van der Waals surface area contributed by atoms with Crippen LogP contribution in [-0.2, 0) is 13.0 Å². The predicted molar refractivity (Wildman–Crippen MR) is 83.4 cm³/mol. The summed E-state index contributed by atoms with van der Waals surface area (Å²) in [6.07, 6.45) is 0.867. The van der Waals surface area contributed by atoms with E-state index in [9.17, 15) is 0 Å². The molecular formula is C14H14N4S2. The Kier molecular flexibility index (Phi) is 3.75. The third-order valence-electron chi connectivity index (χ3n) is 3.01. The summed E-state index contributed by atoms with van der Waals surface area (Å²) >= 11 is 7.01. The number of nitrogens with one attached hydrogen (secondary N) is 1. The zero-order valence-electron chi connectivity index (χ0n) is 11.0. The molecule has 0 bridgehead atoms. The molecule has 1 N–H and O–H groups in total. The summed E-state index contributed by atoms with van der Waals surface area (Å²) in [6.45, 7) is 2.80. The summed E-state index contributed by atoms with van der Waals surface area (Å²) in [5.74, 6) is 0.879. The molecular weight excluding hydrogens is 288 g/mol. The van der Waals surface area contributed by atoms with Gasteiger partial charge in [-0.15, -0.1) is 11.3 Å². The monoisotopic (exact) mass is 302 g/mol. The molecule has 0 fully saturated rings. The van der Waals surface area contributed by atoms with Crippen LogP contribution >= 0.6 is 23.6 Å². The number of hydrogen-bond acceptors (Lipinski definition) is 4. The third kappa shape index (κ3) is 2.71. The molecule has 1 aromatic carbocycles. The highest BCUT2D eigenvalue weighted by molar-refractivity contribution is 7.71. The molecule has 0 unspecified atom stereocenters. The zero-order valence-corrected chi connectivity index (χ0v) is 12.7. The van der Waals surface area contributed by atoms with Crippen LogP contribution in [0, 0.1) is 11.7 Å². The van der Waals surface area contributed by atoms with Crippen molar-refractivity contribution in [3.63, 3.8) is 0 Å². The number of rotatable bonds is 4. The Balaban J connectivity index is 1.86. The molecule has 0 spiro atoms. The summed E-state index contributed by atoms with van der Waals surface area (Å²) in [4.78, 5) is 4.48. The predicted octanol–water partition coefficient (Wildman–Crippen LogP) is 3.62. The second kappa shape index (κ2) is 5.68. The van der Waals surface area contributed by atoms with Gasteiger partial charge in [0.1, 0.15) is 0 Å². The standard InChI is InChI=1S/C14H14N4S2/c1-10-9-20-12(15-10)7-8-18-13(16-17-14(18)19)11-5-3-2-4-6-11/h2-6,9H,7-8H2,1H3,(H,17,19). The van der Waals surface area contributed by atoms with E-state index >= 15 is 0 Å². The molecule has 0 radical (unpaired) electrons. The maximum atomic E-state index is 5.32. The lowest BCUT2D eigenvalue weighted by atomic mass is 10.2. The number of thiazole rings is 1. The Bertz CT molecular complexity index is 755. The molecule has 2 heterocycles. The SMILES string of the molecule is Cc1csc(CCn2c(-c3ccccc3)n[nH]c2=S)n1. The van der Waals surface area contributed by atoms with Gasteiger partial charge in [-0.3, -0.25) is 9.67 Å². The van der Waals surface area contributed by atoms with E-state index in [1.54, 1.807) is 11.3 Å². The summed E-state index contributed by atoms with van der Waals surface area (Å²) in [6, 6.07) is 10.1. The smallest absolute Gasteiger partial charge is 0.195 e.